The molecule has 0 atom stereocenters. The van der Waals surface area contributed by atoms with Crippen molar-refractivity contribution in [3.8, 4) is 0 Å². The van der Waals surface area contributed by atoms with Gasteiger partial charge >= 0.3 is 0 Å². The summed E-state index contributed by atoms with van der Waals surface area (Å²) in [6, 6.07) is 1.91. The Bertz CT molecular complexity index is 577. The lowest BCUT2D eigenvalue weighted by Crippen LogP contribution is -2.51. The number of aromatic nitrogens is 2. The fraction of sp³-hybridized carbons (Fsp3) is 0.722. The van der Waals surface area contributed by atoms with Crippen LogP contribution in [0.5, 0.6) is 0 Å². The van der Waals surface area contributed by atoms with Crippen molar-refractivity contribution in [2.75, 3.05) is 69.7 Å². The van der Waals surface area contributed by atoms with Crippen LogP contribution >= 0.6 is 0 Å². The fourth-order valence-electron chi connectivity index (χ4n) is 3.40. The molecule has 1 aromatic heterocycles. The Morgan fingerprint density at radius 3 is 2.48 bits per heavy atom. The highest BCUT2D eigenvalue weighted by Gasteiger charge is 2.25. The van der Waals surface area contributed by atoms with Crippen molar-refractivity contribution in [2.24, 2.45) is 5.92 Å². The number of likely N-dealkylation sites (tertiary alicyclic amines) is 1. The van der Waals surface area contributed by atoms with Crippen LogP contribution < -0.4 is 9.80 Å². The molecule has 0 N–H and O–H groups in total. The molecule has 3 heterocycles. The quantitative estimate of drug-likeness (QED) is 0.808. The zero-order valence-corrected chi connectivity index (χ0v) is 15.7. The maximum atomic E-state index is 12.5. The number of nitrogens with zero attached hydrogens (tertiary/aromatic N) is 6. The van der Waals surface area contributed by atoms with E-state index in [9.17, 15) is 4.79 Å². The molecule has 0 bridgehead atoms. The number of anilines is 2. The highest BCUT2D eigenvalue weighted by molar-refractivity contribution is 5.78. The van der Waals surface area contributed by atoms with E-state index in [2.05, 4.69) is 26.7 Å². The standard InChI is InChI=1S/C18H30N6O/c1-15-5-8-23(9-6-15)17(25)14-22-10-12-24(13-11-22)18-19-7-4-16(20-18)21(2)3/h4,7,15H,5-6,8-14H2,1-3H3. The van der Waals surface area contributed by atoms with E-state index >= 15 is 0 Å². The van der Waals surface area contributed by atoms with Crippen molar-refractivity contribution >= 4 is 17.7 Å². The number of hydrogen-bond acceptors (Lipinski definition) is 6. The van der Waals surface area contributed by atoms with E-state index in [1.54, 1.807) is 0 Å². The topological polar surface area (TPSA) is 55.8 Å². The summed E-state index contributed by atoms with van der Waals surface area (Å²) >= 11 is 0. The van der Waals surface area contributed by atoms with Crippen LogP contribution in [0.2, 0.25) is 0 Å². The van der Waals surface area contributed by atoms with Crippen LogP contribution in [0, 0.1) is 5.92 Å². The third-order valence-electron chi connectivity index (χ3n) is 5.24. The zero-order valence-electron chi connectivity index (χ0n) is 15.7. The van der Waals surface area contributed by atoms with Gasteiger partial charge in [-0.25, -0.2) is 4.98 Å². The number of carbonyl (C=O) groups is 1. The number of carbonyl (C=O) groups excluding carboxylic acids is 1. The molecule has 1 amide bonds. The normalized spacial score (nSPS) is 20.0. The van der Waals surface area contributed by atoms with Gasteiger partial charge in [0.05, 0.1) is 6.54 Å². The van der Waals surface area contributed by atoms with Crippen LogP contribution in [0.3, 0.4) is 0 Å². The van der Waals surface area contributed by atoms with Gasteiger partial charge in [-0.1, -0.05) is 6.92 Å². The molecule has 0 radical (unpaired) electrons. The first-order chi connectivity index (χ1) is 12.0. The Morgan fingerprint density at radius 1 is 1.16 bits per heavy atom. The predicted octanol–water partition coefficient (Wildman–Crippen LogP) is 0.923. The molecular formula is C18H30N6O. The molecule has 0 unspecified atom stereocenters. The molecule has 0 spiro atoms. The molecule has 3 rings (SSSR count). The van der Waals surface area contributed by atoms with Crippen LogP contribution in [0.15, 0.2) is 12.3 Å². The third-order valence-corrected chi connectivity index (χ3v) is 5.24. The van der Waals surface area contributed by atoms with Crippen molar-refractivity contribution in [2.45, 2.75) is 19.8 Å². The van der Waals surface area contributed by atoms with Crippen LogP contribution in [0.25, 0.3) is 0 Å². The lowest BCUT2D eigenvalue weighted by Gasteiger charge is -2.36. The summed E-state index contributed by atoms with van der Waals surface area (Å²) in [6.07, 6.45) is 4.09. The van der Waals surface area contributed by atoms with Gasteiger partial charge < -0.3 is 14.7 Å². The molecule has 2 aliphatic rings. The molecule has 2 aliphatic heterocycles. The molecule has 25 heavy (non-hydrogen) atoms. The van der Waals surface area contributed by atoms with Crippen LogP contribution in [0.4, 0.5) is 11.8 Å². The Morgan fingerprint density at radius 2 is 1.84 bits per heavy atom. The van der Waals surface area contributed by atoms with Gasteiger partial charge in [0.25, 0.3) is 0 Å². The van der Waals surface area contributed by atoms with E-state index in [-0.39, 0.29) is 5.91 Å². The second kappa shape index (κ2) is 7.99. The summed E-state index contributed by atoms with van der Waals surface area (Å²) in [4.78, 5) is 30.0. The first kappa shape index (κ1) is 17.9. The minimum absolute atomic E-state index is 0.284. The summed E-state index contributed by atoms with van der Waals surface area (Å²) < 4.78 is 0. The largest absolute Gasteiger partial charge is 0.363 e. The molecule has 7 nitrogen and oxygen atoms in total. The lowest BCUT2D eigenvalue weighted by molar-refractivity contribution is -0.133. The number of amides is 1. The number of piperazine rings is 1. The molecule has 7 heteroatoms. The molecule has 2 fully saturated rings. The van der Waals surface area contributed by atoms with Gasteiger partial charge in [0.15, 0.2) is 0 Å². The van der Waals surface area contributed by atoms with Crippen molar-refractivity contribution in [3.63, 3.8) is 0 Å². The second-order valence-electron chi connectivity index (χ2n) is 7.44. The summed E-state index contributed by atoms with van der Waals surface area (Å²) in [7, 11) is 3.97. The maximum absolute atomic E-state index is 12.5. The first-order valence-corrected chi connectivity index (χ1v) is 9.28. The molecule has 0 saturated carbocycles. The van der Waals surface area contributed by atoms with Crippen LogP contribution in [-0.2, 0) is 4.79 Å². The van der Waals surface area contributed by atoms with Gasteiger partial charge in [0, 0.05) is 59.6 Å². The average Bonchev–Trinajstić information content (AvgIpc) is 2.63. The van der Waals surface area contributed by atoms with Crippen LogP contribution in [-0.4, -0.2) is 85.6 Å². The van der Waals surface area contributed by atoms with Crippen molar-refractivity contribution in [1.82, 2.24) is 19.8 Å². The van der Waals surface area contributed by atoms with Gasteiger partial charge in [0.1, 0.15) is 5.82 Å². The lowest BCUT2D eigenvalue weighted by atomic mass is 9.99. The van der Waals surface area contributed by atoms with Gasteiger partial charge in [-0.2, -0.15) is 4.98 Å². The minimum Gasteiger partial charge on any atom is -0.363 e. The molecule has 2 saturated heterocycles. The summed E-state index contributed by atoms with van der Waals surface area (Å²) in [5, 5.41) is 0. The highest BCUT2D eigenvalue weighted by atomic mass is 16.2. The van der Waals surface area contributed by atoms with Gasteiger partial charge in [-0.15, -0.1) is 0 Å². The average molecular weight is 346 g/mol. The SMILES string of the molecule is CC1CCN(C(=O)CN2CCN(c3nccc(N(C)C)n3)CC2)CC1. The summed E-state index contributed by atoms with van der Waals surface area (Å²) in [6.45, 7) is 8.14. The monoisotopic (exact) mass is 346 g/mol. The smallest absolute Gasteiger partial charge is 0.236 e. The predicted molar refractivity (Wildman–Crippen MR) is 100.0 cm³/mol. The Hall–Kier alpha value is -1.89. The molecule has 138 valence electrons. The Balaban J connectivity index is 1.48. The van der Waals surface area contributed by atoms with E-state index < -0.39 is 0 Å². The molecular weight excluding hydrogens is 316 g/mol. The number of rotatable bonds is 4. The Kier molecular flexibility index (Phi) is 5.73. The molecule has 1 aromatic rings. The third kappa shape index (κ3) is 4.60. The fourth-order valence-corrected chi connectivity index (χ4v) is 3.40. The maximum Gasteiger partial charge on any atom is 0.236 e. The number of hydrogen-bond donors (Lipinski definition) is 0. The van der Waals surface area contributed by atoms with E-state index in [4.69, 9.17) is 0 Å². The van der Waals surface area contributed by atoms with Crippen molar-refractivity contribution in [1.29, 1.82) is 0 Å². The highest BCUT2D eigenvalue weighted by Crippen LogP contribution is 2.17. The minimum atomic E-state index is 0.284. The molecule has 0 aliphatic carbocycles. The zero-order chi connectivity index (χ0) is 17.8. The van der Waals surface area contributed by atoms with Crippen molar-refractivity contribution in [3.05, 3.63) is 12.3 Å². The molecule has 0 aromatic carbocycles. The second-order valence-corrected chi connectivity index (χ2v) is 7.44. The summed E-state index contributed by atoms with van der Waals surface area (Å²) in [5.74, 6) is 2.74. The van der Waals surface area contributed by atoms with E-state index in [1.165, 1.54) is 0 Å². The first-order valence-electron chi connectivity index (χ1n) is 9.28. The van der Waals surface area contributed by atoms with E-state index in [0.717, 1.165) is 69.8 Å². The Labute approximate surface area is 150 Å². The van der Waals surface area contributed by atoms with Gasteiger partial charge in [-0.05, 0) is 24.8 Å². The van der Waals surface area contributed by atoms with Gasteiger partial charge in [-0.3, -0.25) is 9.69 Å². The van der Waals surface area contributed by atoms with Crippen molar-refractivity contribution < 1.29 is 4.79 Å². The van der Waals surface area contributed by atoms with E-state index in [0.29, 0.717) is 6.54 Å². The van der Waals surface area contributed by atoms with Gasteiger partial charge in [0.2, 0.25) is 11.9 Å². The van der Waals surface area contributed by atoms with Crippen LogP contribution in [0.1, 0.15) is 19.8 Å². The summed E-state index contributed by atoms with van der Waals surface area (Å²) in [5.41, 5.74) is 0. The number of piperidine rings is 1. The van der Waals surface area contributed by atoms with E-state index in [1.807, 2.05) is 36.2 Å².